The molecule has 1 fully saturated rings. The Hall–Kier alpha value is -3.70. The molecule has 1 aliphatic heterocycles. The summed E-state index contributed by atoms with van der Waals surface area (Å²) in [5, 5.41) is 18.6. The molecule has 2 aromatic heterocycles. The Labute approximate surface area is 172 Å². The monoisotopic (exact) mass is 436 g/mol. The highest BCUT2D eigenvalue weighted by Gasteiger charge is 2.32. The quantitative estimate of drug-likeness (QED) is 0.443. The van der Waals surface area contributed by atoms with Gasteiger partial charge in [0.05, 0.1) is 17.5 Å². The van der Waals surface area contributed by atoms with Crippen molar-refractivity contribution in [3.8, 4) is 11.5 Å². The molecule has 0 bridgehead atoms. The maximum Gasteiger partial charge on any atom is 0.433 e. The average Bonchev–Trinajstić information content (AvgIpc) is 3.43. The number of hydrogen-bond acceptors (Lipinski definition) is 7. The molecule has 0 spiro atoms. The van der Waals surface area contributed by atoms with Crippen LogP contribution in [0.1, 0.15) is 40.8 Å². The van der Waals surface area contributed by atoms with Crippen LogP contribution in [0.3, 0.4) is 0 Å². The summed E-state index contributed by atoms with van der Waals surface area (Å²) in [5.41, 5.74) is -0.436. The number of alkyl halides is 3. The molecular weight excluding hydrogens is 421 g/mol. The fraction of sp³-hybridized carbons (Fsp3) is 0.316. The molecule has 1 saturated heterocycles. The minimum atomic E-state index is -4.44. The van der Waals surface area contributed by atoms with Gasteiger partial charge in [0.25, 0.3) is 5.91 Å². The Morgan fingerprint density at radius 1 is 1.13 bits per heavy atom. The molecule has 162 valence electrons. The number of nitro groups is 1. The first kappa shape index (κ1) is 20.6. The van der Waals surface area contributed by atoms with Crippen LogP contribution in [0.2, 0.25) is 0 Å². The average molecular weight is 436 g/mol. The van der Waals surface area contributed by atoms with E-state index in [0.717, 1.165) is 18.2 Å². The van der Waals surface area contributed by atoms with Gasteiger partial charge in [-0.05, 0) is 43.2 Å². The SMILES string of the molecule is O=C(c1ccc([N+](=O)[O-])o1)N1CCCC(c2nnc(-c3ccc(C(F)(F)F)cc3)o2)C1. The van der Waals surface area contributed by atoms with Crippen molar-refractivity contribution in [2.45, 2.75) is 24.9 Å². The summed E-state index contributed by atoms with van der Waals surface area (Å²) >= 11 is 0. The molecule has 4 rings (SSSR count). The summed E-state index contributed by atoms with van der Waals surface area (Å²) in [7, 11) is 0. The molecule has 0 N–H and O–H groups in total. The van der Waals surface area contributed by atoms with Crippen LogP contribution in [0.5, 0.6) is 0 Å². The molecule has 0 aliphatic carbocycles. The van der Waals surface area contributed by atoms with Crippen LogP contribution in [-0.2, 0) is 6.18 Å². The summed E-state index contributed by atoms with van der Waals surface area (Å²) in [4.78, 5) is 24.1. The molecule has 3 aromatic rings. The van der Waals surface area contributed by atoms with E-state index in [9.17, 15) is 28.1 Å². The van der Waals surface area contributed by atoms with Crippen molar-refractivity contribution in [2.24, 2.45) is 0 Å². The zero-order chi connectivity index (χ0) is 22.2. The minimum absolute atomic E-state index is 0.0776. The highest BCUT2D eigenvalue weighted by atomic mass is 19.4. The largest absolute Gasteiger partial charge is 0.433 e. The summed E-state index contributed by atoms with van der Waals surface area (Å²) in [6.45, 7) is 0.672. The molecule has 1 unspecified atom stereocenters. The fourth-order valence-electron chi connectivity index (χ4n) is 3.38. The smallest absolute Gasteiger partial charge is 0.420 e. The molecule has 9 nitrogen and oxygen atoms in total. The van der Waals surface area contributed by atoms with Crippen LogP contribution < -0.4 is 0 Å². The van der Waals surface area contributed by atoms with Gasteiger partial charge in [-0.15, -0.1) is 10.2 Å². The lowest BCUT2D eigenvalue weighted by molar-refractivity contribution is -0.402. The lowest BCUT2D eigenvalue weighted by Gasteiger charge is -2.30. The predicted octanol–water partition coefficient (Wildman–Crippen LogP) is 4.28. The third-order valence-corrected chi connectivity index (χ3v) is 4.94. The zero-order valence-corrected chi connectivity index (χ0v) is 15.8. The lowest BCUT2D eigenvalue weighted by Crippen LogP contribution is -2.39. The normalized spacial score (nSPS) is 17.0. The zero-order valence-electron chi connectivity index (χ0n) is 15.8. The molecule has 0 radical (unpaired) electrons. The molecule has 1 amide bonds. The highest BCUT2D eigenvalue weighted by Crippen LogP contribution is 2.32. The Balaban J connectivity index is 1.47. The number of hydrogen-bond donors (Lipinski definition) is 0. The van der Waals surface area contributed by atoms with Crippen molar-refractivity contribution in [3.05, 3.63) is 63.7 Å². The van der Waals surface area contributed by atoms with Gasteiger partial charge in [0.2, 0.25) is 11.8 Å². The Kier molecular flexibility index (Phi) is 5.21. The number of carbonyl (C=O) groups is 1. The van der Waals surface area contributed by atoms with Crippen molar-refractivity contribution in [2.75, 3.05) is 13.1 Å². The molecule has 0 saturated carbocycles. The maximum atomic E-state index is 12.7. The first-order valence-electron chi connectivity index (χ1n) is 9.27. The molecule has 12 heteroatoms. The van der Waals surface area contributed by atoms with Crippen LogP contribution in [0.15, 0.2) is 45.2 Å². The van der Waals surface area contributed by atoms with Crippen molar-refractivity contribution >= 4 is 11.8 Å². The second kappa shape index (κ2) is 7.85. The van der Waals surface area contributed by atoms with Crippen LogP contribution in [0.25, 0.3) is 11.5 Å². The van der Waals surface area contributed by atoms with Crippen molar-refractivity contribution in [1.29, 1.82) is 0 Å². The first-order chi connectivity index (χ1) is 14.7. The maximum absolute atomic E-state index is 12.7. The van der Waals surface area contributed by atoms with Crippen molar-refractivity contribution < 1.29 is 31.7 Å². The fourth-order valence-corrected chi connectivity index (χ4v) is 3.38. The van der Waals surface area contributed by atoms with Gasteiger partial charge in [-0.2, -0.15) is 13.2 Å². The summed E-state index contributed by atoms with van der Waals surface area (Å²) in [6, 6.07) is 6.73. The van der Waals surface area contributed by atoms with Crippen molar-refractivity contribution in [1.82, 2.24) is 15.1 Å². The van der Waals surface area contributed by atoms with E-state index in [2.05, 4.69) is 10.2 Å². The topological polar surface area (TPSA) is 116 Å². The first-order valence-corrected chi connectivity index (χ1v) is 9.27. The van der Waals surface area contributed by atoms with Crippen LogP contribution >= 0.6 is 0 Å². The molecule has 1 aliphatic rings. The van der Waals surface area contributed by atoms with E-state index in [0.29, 0.717) is 24.9 Å². The Morgan fingerprint density at radius 2 is 1.87 bits per heavy atom. The number of benzene rings is 1. The van der Waals surface area contributed by atoms with E-state index in [1.54, 1.807) is 0 Å². The van der Waals surface area contributed by atoms with E-state index in [1.807, 2.05) is 0 Å². The van der Waals surface area contributed by atoms with Gasteiger partial charge in [-0.1, -0.05) is 0 Å². The number of aromatic nitrogens is 2. The number of amides is 1. The van der Waals surface area contributed by atoms with E-state index < -0.39 is 28.5 Å². The molecule has 31 heavy (non-hydrogen) atoms. The van der Waals surface area contributed by atoms with Crippen LogP contribution in [-0.4, -0.2) is 39.0 Å². The van der Waals surface area contributed by atoms with Gasteiger partial charge in [0.1, 0.15) is 4.92 Å². The van der Waals surface area contributed by atoms with Gasteiger partial charge >= 0.3 is 12.1 Å². The Morgan fingerprint density at radius 3 is 2.52 bits per heavy atom. The number of furan rings is 1. The Bertz CT molecular complexity index is 1110. The predicted molar refractivity (Wildman–Crippen MR) is 98.0 cm³/mol. The summed E-state index contributed by atoms with van der Waals surface area (Å²) in [6.07, 6.45) is -3.14. The van der Waals surface area contributed by atoms with Gasteiger partial charge in [-0.3, -0.25) is 14.9 Å². The third-order valence-electron chi connectivity index (χ3n) is 4.94. The number of halogens is 3. The second-order valence-electron chi connectivity index (χ2n) is 7.01. The molecule has 1 aromatic carbocycles. The summed E-state index contributed by atoms with van der Waals surface area (Å²) in [5.74, 6) is -1.08. The number of carbonyl (C=O) groups excluding carboxylic acids is 1. The van der Waals surface area contributed by atoms with Crippen LogP contribution in [0.4, 0.5) is 19.1 Å². The summed E-state index contributed by atoms with van der Waals surface area (Å²) < 4.78 is 48.8. The third kappa shape index (κ3) is 4.27. The van der Waals surface area contributed by atoms with Gasteiger partial charge in [-0.25, -0.2) is 0 Å². The van der Waals surface area contributed by atoms with Gasteiger partial charge in [0, 0.05) is 18.7 Å². The van der Waals surface area contributed by atoms with Crippen molar-refractivity contribution in [3.63, 3.8) is 0 Å². The molecule has 3 heterocycles. The van der Waals surface area contributed by atoms with E-state index in [1.165, 1.54) is 23.1 Å². The molecular formula is C19H15F3N4O5. The van der Waals surface area contributed by atoms with E-state index in [-0.39, 0.29) is 30.0 Å². The standard InChI is InChI=1S/C19H15F3N4O5/c20-19(21,22)13-5-3-11(4-6-13)16-23-24-17(31-16)12-2-1-9-25(10-12)18(27)14-7-8-15(30-14)26(28)29/h3-8,12H,1-2,9-10H2. The van der Waals surface area contributed by atoms with E-state index in [4.69, 9.17) is 8.83 Å². The molecule has 1 atom stereocenters. The van der Waals surface area contributed by atoms with Gasteiger partial charge in [0.15, 0.2) is 5.76 Å². The number of nitrogens with zero attached hydrogens (tertiary/aromatic N) is 4. The second-order valence-corrected chi connectivity index (χ2v) is 7.01. The lowest BCUT2D eigenvalue weighted by atomic mass is 9.98. The number of likely N-dealkylation sites (tertiary alicyclic amines) is 1. The highest BCUT2D eigenvalue weighted by molar-refractivity contribution is 5.91. The number of piperidine rings is 1. The minimum Gasteiger partial charge on any atom is -0.420 e. The van der Waals surface area contributed by atoms with Gasteiger partial charge < -0.3 is 13.7 Å². The number of rotatable bonds is 4. The van der Waals surface area contributed by atoms with Crippen LogP contribution in [0, 0.1) is 10.1 Å². The van der Waals surface area contributed by atoms with E-state index >= 15 is 0 Å².